The van der Waals surface area contributed by atoms with Gasteiger partial charge in [0.2, 0.25) is 10.0 Å². The molecule has 2 aliphatic rings. The second-order valence-electron chi connectivity index (χ2n) is 6.10. The lowest BCUT2D eigenvalue weighted by Gasteiger charge is -2.45. The first-order valence-electron chi connectivity index (χ1n) is 7.40. The van der Waals surface area contributed by atoms with Gasteiger partial charge in [-0.15, -0.1) is 0 Å². The van der Waals surface area contributed by atoms with E-state index >= 15 is 0 Å². The topological polar surface area (TPSA) is 81.4 Å². The summed E-state index contributed by atoms with van der Waals surface area (Å²) in [4.78, 5) is 0. The number of nitrogens with two attached hydrogens (primary N) is 1. The van der Waals surface area contributed by atoms with Crippen molar-refractivity contribution in [2.24, 2.45) is 11.7 Å². The summed E-state index contributed by atoms with van der Waals surface area (Å²) in [6, 6.07) is 9.27. The summed E-state index contributed by atoms with van der Waals surface area (Å²) >= 11 is 0. The summed E-state index contributed by atoms with van der Waals surface area (Å²) < 4.78 is 33.0. The van der Waals surface area contributed by atoms with Crippen LogP contribution in [-0.2, 0) is 14.8 Å². The van der Waals surface area contributed by atoms with Crippen LogP contribution in [0.3, 0.4) is 0 Å². The van der Waals surface area contributed by atoms with Crippen molar-refractivity contribution in [3.05, 3.63) is 35.9 Å². The molecule has 3 N–H and O–H groups in total. The number of hydrogen-bond donors (Lipinski definition) is 2. The van der Waals surface area contributed by atoms with Gasteiger partial charge in [0.1, 0.15) is 0 Å². The van der Waals surface area contributed by atoms with Crippen molar-refractivity contribution >= 4 is 10.0 Å². The highest BCUT2D eigenvalue weighted by atomic mass is 32.2. The highest BCUT2D eigenvalue weighted by Gasteiger charge is 2.53. The zero-order chi connectivity index (χ0) is 15.0. The van der Waals surface area contributed by atoms with E-state index < -0.39 is 10.0 Å². The normalized spacial score (nSPS) is 33.2. The van der Waals surface area contributed by atoms with E-state index in [-0.39, 0.29) is 29.9 Å². The highest BCUT2D eigenvalue weighted by molar-refractivity contribution is 7.89. The zero-order valence-electron chi connectivity index (χ0n) is 12.1. The van der Waals surface area contributed by atoms with Crippen LogP contribution in [0.25, 0.3) is 0 Å². The molecular weight excluding hydrogens is 288 g/mol. The molecule has 1 aliphatic carbocycles. The molecular formula is C15H22N2O3S. The quantitative estimate of drug-likeness (QED) is 0.844. The van der Waals surface area contributed by atoms with E-state index in [1.54, 1.807) is 0 Å². The van der Waals surface area contributed by atoms with Crippen molar-refractivity contribution in [1.29, 1.82) is 0 Å². The highest BCUT2D eigenvalue weighted by Crippen LogP contribution is 2.38. The van der Waals surface area contributed by atoms with Crippen molar-refractivity contribution in [3.63, 3.8) is 0 Å². The summed E-state index contributed by atoms with van der Waals surface area (Å²) in [5.41, 5.74) is 7.07. The molecule has 1 aliphatic heterocycles. The second kappa shape index (κ2) is 5.68. The van der Waals surface area contributed by atoms with Crippen molar-refractivity contribution in [2.45, 2.75) is 37.5 Å². The van der Waals surface area contributed by atoms with Crippen LogP contribution in [0.1, 0.15) is 24.8 Å². The molecule has 1 saturated heterocycles. The smallest absolute Gasteiger partial charge is 0.212 e. The average Bonchev–Trinajstić information content (AvgIpc) is 2.90. The Labute approximate surface area is 125 Å². The predicted octanol–water partition coefficient (Wildman–Crippen LogP) is 0.824. The van der Waals surface area contributed by atoms with Crippen molar-refractivity contribution in [1.82, 2.24) is 4.72 Å². The van der Waals surface area contributed by atoms with Gasteiger partial charge in [0, 0.05) is 18.6 Å². The number of fused-ring (bicyclic) bond motifs is 1. The van der Waals surface area contributed by atoms with E-state index in [0.29, 0.717) is 12.5 Å². The number of hydrogen-bond acceptors (Lipinski definition) is 4. The average molecular weight is 310 g/mol. The largest absolute Gasteiger partial charge is 0.376 e. The molecule has 2 fully saturated rings. The van der Waals surface area contributed by atoms with Gasteiger partial charge in [-0.3, -0.25) is 0 Å². The minimum atomic E-state index is -3.37. The molecule has 0 aromatic heterocycles. The van der Waals surface area contributed by atoms with Crippen LogP contribution in [0.4, 0.5) is 0 Å². The van der Waals surface area contributed by atoms with E-state index in [4.69, 9.17) is 10.5 Å². The van der Waals surface area contributed by atoms with Gasteiger partial charge in [0.15, 0.2) is 0 Å². The number of sulfonamides is 1. The minimum absolute atomic E-state index is 0.0400. The molecule has 1 saturated carbocycles. The van der Waals surface area contributed by atoms with Crippen LogP contribution in [0, 0.1) is 5.92 Å². The first-order chi connectivity index (χ1) is 9.98. The number of nitrogens with one attached hydrogen (secondary N) is 1. The molecule has 5 nitrogen and oxygen atoms in total. The third-order valence-corrected chi connectivity index (χ3v) is 6.17. The summed E-state index contributed by atoms with van der Waals surface area (Å²) in [7, 11) is -3.37. The Morgan fingerprint density at radius 2 is 2.10 bits per heavy atom. The van der Waals surface area contributed by atoms with Gasteiger partial charge < -0.3 is 10.5 Å². The number of benzene rings is 1. The fraction of sp³-hybridized carbons (Fsp3) is 0.600. The van der Waals surface area contributed by atoms with Gasteiger partial charge in [-0.05, 0) is 17.9 Å². The molecule has 1 heterocycles. The minimum Gasteiger partial charge on any atom is -0.376 e. The Kier molecular flexibility index (Phi) is 4.05. The first-order valence-corrected chi connectivity index (χ1v) is 9.05. The Hall–Kier alpha value is -0.950. The van der Waals surface area contributed by atoms with Crippen molar-refractivity contribution < 1.29 is 13.2 Å². The molecule has 5 unspecified atom stereocenters. The number of rotatable bonds is 5. The lowest BCUT2D eigenvalue weighted by atomic mass is 9.73. The Bertz CT molecular complexity index is 590. The lowest BCUT2D eigenvalue weighted by Crippen LogP contribution is -2.69. The van der Waals surface area contributed by atoms with Crippen LogP contribution >= 0.6 is 0 Å². The molecule has 5 atom stereocenters. The SMILES string of the molecule is CC(CS(=O)(=O)NC1C(N)C2CCOC21)c1ccccc1. The molecule has 1 aromatic carbocycles. The van der Waals surface area contributed by atoms with Gasteiger partial charge >= 0.3 is 0 Å². The van der Waals surface area contributed by atoms with Crippen LogP contribution in [0.5, 0.6) is 0 Å². The molecule has 3 rings (SSSR count). The Balaban J connectivity index is 1.62. The summed E-state index contributed by atoms with van der Waals surface area (Å²) in [5, 5.41) is 0. The number of ether oxygens (including phenoxy) is 1. The van der Waals surface area contributed by atoms with Crippen LogP contribution in [0.15, 0.2) is 30.3 Å². The summed E-state index contributed by atoms with van der Waals surface area (Å²) in [5.74, 6) is 0.321. The Morgan fingerprint density at radius 3 is 2.81 bits per heavy atom. The van der Waals surface area contributed by atoms with Crippen LogP contribution in [-0.4, -0.2) is 39.0 Å². The molecule has 6 heteroatoms. The second-order valence-corrected chi connectivity index (χ2v) is 7.90. The van der Waals surface area contributed by atoms with Crippen LogP contribution in [0.2, 0.25) is 0 Å². The van der Waals surface area contributed by atoms with E-state index in [1.165, 1.54) is 0 Å². The molecule has 1 aromatic rings. The van der Waals surface area contributed by atoms with Gasteiger partial charge in [-0.1, -0.05) is 37.3 Å². The van der Waals surface area contributed by atoms with Crippen molar-refractivity contribution in [2.75, 3.05) is 12.4 Å². The monoisotopic (exact) mass is 310 g/mol. The Morgan fingerprint density at radius 1 is 1.38 bits per heavy atom. The lowest BCUT2D eigenvalue weighted by molar-refractivity contribution is -0.00924. The predicted molar refractivity (Wildman–Crippen MR) is 81.4 cm³/mol. The molecule has 0 amide bonds. The van der Waals surface area contributed by atoms with E-state index in [9.17, 15) is 8.42 Å². The third-order valence-electron chi connectivity index (χ3n) is 4.60. The zero-order valence-corrected chi connectivity index (χ0v) is 12.9. The third kappa shape index (κ3) is 2.99. The van der Waals surface area contributed by atoms with Gasteiger partial charge in [-0.25, -0.2) is 13.1 Å². The molecule has 0 bridgehead atoms. The fourth-order valence-electron chi connectivity index (χ4n) is 3.36. The maximum Gasteiger partial charge on any atom is 0.212 e. The summed E-state index contributed by atoms with van der Waals surface area (Å²) in [6.45, 7) is 2.60. The fourth-order valence-corrected chi connectivity index (χ4v) is 5.01. The van der Waals surface area contributed by atoms with Gasteiger partial charge in [0.25, 0.3) is 0 Å². The molecule has 0 spiro atoms. The van der Waals surface area contributed by atoms with E-state index in [2.05, 4.69) is 4.72 Å². The van der Waals surface area contributed by atoms with Gasteiger partial charge in [-0.2, -0.15) is 0 Å². The molecule has 116 valence electrons. The van der Waals surface area contributed by atoms with Gasteiger partial charge in [0.05, 0.1) is 17.9 Å². The van der Waals surface area contributed by atoms with E-state index in [0.717, 1.165) is 12.0 Å². The summed E-state index contributed by atoms with van der Waals surface area (Å²) in [6.07, 6.45) is 0.895. The standard InChI is InChI=1S/C15H22N2O3S/c1-10(11-5-3-2-4-6-11)9-21(18,19)17-14-13(16)12-7-8-20-15(12)14/h2-6,10,12-15,17H,7-9,16H2,1H3. The molecule has 21 heavy (non-hydrogen) atoms. The molecule has 0 radical (unpaired) electrons. The first kappa shape index (κ1) is 15.0. The maximum atomic E-state index is 12.3. The van der Waals surface area contributed by atoms with Crippen LogP contribution < -0.4 is 10.5 Å². The maximum absolute atomic E-state index is 12.3. The van der Waals surface area contributed by atoms with E-state index in [1.807, 2.05) is 37.3 Å². The van der Waals surface area contributed by atoms with Crippen molar-refractivity contribution in [3.8, 4) is 0 Å².